The van der Waals surface area contributed by atoms with Crippen LogP contribution in [0.5, 0.6) is 0 Å². The summed E-state index contributed by atoms with van der Waals surface area (Å²) in [6.45, 7) is 9.54. The lowest BCUT2D eigenvalue weighted by molar-refractivity contribution is -0.354. The van der Waals surface area contributed by atoms with Crippen LogP contribution in [-0.4, -0.2) is 65.5 Å². The van der Waals surface area contributed by atoms with E-state index in [1.165, 1.54) is 40.4 Å². The molecule has 1 saturated heterocycles. The fourth-order valence-corrected chi connectivity index (χ4v) is 11.3. The molecule has 0 radical (unpaired) electrons. The zero-order valence-corrected chi connectivity index (χ0v) is 26.7. The molecule has 0 aromatic carbocycles. The van der Waals surface area contributed by atoms with E-state index in [2.05, 4.69) is 0 Å². The van der Waals surface area contributed by atoms with Gasteiger partial charge in [-0.15, -0.1) is 0 Å². The number of rotatable bonds is 6. The number of furan rings is 1. The van der Waals surface area contributed by atoms with Gasteiger partial charge in [-0.25, -0.2) is 0 Å². The Bertz CT molecular complexity index is 1440. The standard InChI is InChI=1S/C33H42O12/c1-16(34)42-27-25-28(43-17(2)35)33(39)20(8-10-29(4)22(33)13-24(38)44-26(29)19-9-11-41-14-19)31(6)21(12-23(37)40-7)30(27,5)15-32(25,31)45-18(3)36/h9,11,14,20-22,25-28,39H,8,10,12-13,15H2,1-7H3/t20-,21+,22-,25+,26+,27-,28-,29-,30+,31-,32+,33-/m1/s1. The van der Waals surface area contributed by atoms with E-state index in [1.807, 2.05) is 20.8 Å². The topological polar surface area (TPSA) is 165 Å². The fourth-order valence-electron chi connectivity index (χ4n) is 11.3. The molecule has 6 rings (SSSR count). The van der Waals surface area contributed by atoms with Gasteiger partial charge in [0.1, 0.15) is 29.5 Å². The van der Waals surface area contributed by atoms with E-state index in [0.29, 0.717) is 18.4 Å². The molecular formula is C33H42O12. The average Bonchev–Trinajstić information content (AvgIpc) is 3.60. The Balaban J connectivity index is 1.63. The minimum Gasteiger partial charge on any atom is -0.472 e. The molecule has 0 unspecified atom stereocenters. The van der Waals surface area contributed by atoms with Crippen LogP contribution in [0.1, 0.15) is 85.3 Å². The van der Waals surface area contributed by atoms with Crippen LogP contribution < -0.4 is 0 Å². The summed E-state index contributed by atoms with van der Waals surface area (Å²) in [7, 11) is 1.29. The molecule has 246 valence electrons. The van der Waals surface area contributed by atoms with Crippen molar-refractivity contribution in [2.24, 2.45) is 39.9 Å². The molecule has 2 bridgehead atoms. The second-order valence-electron chi connectivity index (χ2n) is 14.5. The maximum Gasteiger partial charge on any atom is 0.306 e. The van der Waals surface area contributed by atoms with E-state index in [-0.39, 0.29) is 19.3 Å². The van der Waals surface area contributed by atoms with Gasteiger partial charge in [0.2, 0.25) is 0 Å². The largest absolute Gasteiger partial charge is 0.472 e. The van der Waals surface area contributed by atoms with E-state index in [4.69, 9.17) is 28.1 Å². The maximum absolute atomic E-state index is 13.5. The zero-order valence-electron chi connectivity index (χ0n) is 26.7. The Hall–Kier alpha value is -3.41. The van der Waals surface area contributed by atoms with Gasteiger partial charge in [0, 0.05) is 60.8 Å². The SMILES string of the molecule is COC(=O)C[C@H]1[C@]2(C)C[C@]3(OC(C)=O)[C@@H]([C@H]2OC(C)=O)[C@@H](OC(C)=O)[C@]2(O)[C@@H]4CC(=O)O[C@@H](c5ccoc5)[C@]4(C)CC[C@@H]2[C@]13C. The number of esters is 5. The Labute approximate surface area is 261 Å². The van der Waals surface area contributed by atoms with Crippen LogP contribution in [0.25, 0.3) is 0 Å². The van der Waals surface area contributed by atoms with Crippen molar-refractivity contribution in [1.82, 2.24) is 0 Å². The van der Waals surface area contributed by atoms with Crippen LogP contribution >= 0.6 is 0 Å². The van der Waals surface area contributed by atoms with Crippen LogP contribution in [0, 0.1) is 39.9 Å². The molecule has 12 heteroatoms. The van der Waals surface area contributed by atoms with E-state index in [0.717, 1.165) is 0 Å². The lowest BCUT2D eigenvalue weighted by atomic mass is 9.36. The molecule has 5 fully saturated rings. The van der Waals surface area contributed by atoms with Gasteiger partial charge in [-0.1, -0.05) is 20.8 Å². The highest BCUT2D eigenvalue weighted by molar-refractivity contribution is 5.73. The molecule has 2 heterocycles. The number of fused-ring (bicyclic) bond motifs is 5. The number of methoxy groups -OCH3 is 1. The minimum absolute atomic E-state index is 0.0938. The first-order chi connectivity index (χ1) is 21.0. The normalized spacial score (nSPS) is 45.9. The third-order valence-corrected chi connectivity index (χ3v) is 12.6. The predicted molar refractivity (Wildman–Crippen MR) is 151 cm³/mol. The highest BCUT2D eigenvalue weighted by Crippen LogP contribution is 2.82. The van der Waals surface area contributed by atoms with Crippen molar-refractivity contribution in [1.29, 1.82) is 0 Å². The molecule has 1 N–H and O–H groups in total. The number of cyclic esters (lactones) is 1. The summed E-state index contributed by atoms with van der Waals surface area (Å²) >= 11 is 0. The van der Waals surface area contributed by atoms with E-state index in [9.17, 15) is 29.1 Å². The third kappa shape index (κ3) is 3.96. The number of carbonyl (C=O) groups excluding carboxylic acids is 5. The molecule has 1 aromatic rings. The van der Waals surface area contributed by atoms with Gasteiger partial charge in [0.25, 0.3) is 0 Å². The summed E-state index contributed by atoms with van der Waals surface area (Å²) < 4.78 is 34.9. The highest BCUT2D eigenvalue weighted by Gasteiger charge is 2.90. The monoisotopic (exact) mass is 630 g/mol. The Kier molecular flexibility index (Phi) is 7.05. The summed E-state index contributed by atoms with van der Waals surface area (Å²) in [4.78, 5) is 65.0. The lowest BCUT2D eigenvalue weighted by Crippen LogP contribution is -2.81. The Morgan fingerprint density at radius 1 is 0.978 bits per heavy atom. The molecular weight excluding hydrogens is 588 g/mol. The van der Waals surface area contributed by atoms with Crippen molar-refractivity contribution in [2.75, 3.05) is 7.11 Å². The smallest absolute Gasteiger partial charge is 0.306 e. The van der Waals surface area contributed by atoms with Crippen LogP contribution in [0.2, 0.25) is 0 Å². The van der Waals surface area contributed by atoms with Crippen LogP contribution in [0.15, 0.2) is 23.0 Å². The first-order valence-electron chi connectivity index (χ1n) is 15.6. The number of ether oxygens (including phenoxy) is 5. The maximum atomic E-state index is 13.5. The minimum atomic E-state index is -1.89. The molecule has 45 heavy (non-hydrogen) atoms. The Morgan fingerprint density at radius 3 is 2.22 bits per heavy atom. The van der Waals surface area contributed by atoms with E-state index < -0.39 is 99.3 Å². The molecule has 1 aromatic heterocycles. The molecule has 12 atom stereocenters. The molecule has 4 saturated carbocycles. The van der Waals surface area contributed by atoms with Crippen molar-refractivity contribution in [2.45, 2.75) is 103 Å². The van der Waals surface area contributed by atoms with Gasteiger partial charge < -0.3 is 33.2 Å². The van der Waals surface area contributed by atoms with Crippen LogP contribution in [0.4, 0.5) is 0 Å². The number of hydrogen-bond acceptors (Lipinski definition) is 12. The van der Waals surface area contributed by atoms with E-state index >= 15 is 0 Å². The molecule has 0 amide bonds. The third-order valence-electron chi connectivity index (χ3n) is 12.6. The zero-order chi connectivity index (χ0) is 32.9. The van der Waals surface area contributed by atoms with Gasteiger partial charge in [-0.05, 0) is 31.2 Å². The first-order valence-corrected chi connectivity index (χ1v) is 15.6. The van der Waals surface area contributed by atoms with Crippen molar-refractivity contribution in [3.63, 3.8) is 0 Å². The molecule has 12 nitrogen and oxygen atoms in total. The number of aliphatic hydroxyl groups is 1. The molecule has 4 aliphatic carbocycles. The quantitative estimate of drug-likeness (QED) is 0.360. The first kappa shape index (κ1) is 31.6. The highest BCUT2D eigenvalue weighted by atomic mass is 16.6. The molecule has 5 aliphatic rings. The number of carbonyl (C=O) groups is 5. The molecule has 1 aliphatic heterocycles. The van der Waals surface area contributed by atoms with Crippen LogP contribution in [0.3, 0.4) is 0 Å². The van der Waals surface area contributed by atoms with Crippen molar-refractivity contribution in [3.8, 4) is 0 Å². The van der Waals surface area contributed by atoms with Gasteiger partial charge in [-0.2, -0.15) is 0 Å². The summed E-state index contributed by atoms with van der Waals surface area (Å²) in [5, 5.41) is 13.5. The number of hydrogen-bond donors (Lipinski definition) is 1. The fraction of sp³-hybridized carbons (Fsp3) is 0.727. The summed E-state index contributed by atoms with van der Waals surface area (Å²) in [6.07, 6.45) is 0.684. The van der Waals surface area contributed by atoms with Gasteiger partial charge in [0.15, 0.2) is 0 Å². The summed E-state index contributed by atoms with van der Waals surface area (Å²) in [5.41, 5.74) is -5.50. The predicted octanol–water partition coefficient (Wildman–Crippen LogP) is 3.44. The van der Waals surface area contributed by atoms with Crippen LogP contribution in [-0.2, 0) is 47.7 Å². The van der Waals surface area contributed by atoms with Crippen molar-refractivity contribution < 1.29 is 57.2 Å². The van der Waals surface area contributed by atoms with Gasteiger partial charge >= 0.3 is 29.8 Å². The van der Waals surface area contributed by atoms with Gasteiger partial charge in [-0.3, -0.25) is 24.0 Å². The van der Waals surface area contributed by atoms with Gasteiger partial charge in [0.05, 0.1) is 32.0 Å². The molecule has 0 spiro atoms. The lowest BCUT2D eigenvalue weighted by Gasteiger charge is -2.72. The second-order valence-corrected chi connectivity index (χ2v) is 14.5. The van der Waals surface area contributed by atoms with E-state index in [1.54, 1.807) is 6.07 Å². The average molecular weight is 631 g/mol. The van der Waals surface area contributed by atoms with Crippen molar-refractivity contribution in [3.05, 3.63) is 24.2 Å². The summed E-state index contributed by atoms with van der Waals surface area (Å²) in [5.74, 6) is -6.04. The Morgan fingerprint density at radius 2 is 1.64 bits per heavy atom. The summed E-state index contributed by atoms with van der Waals surface area (Å²) in [6, 6.07) is 1.72. The second kappa shape index (κ2) is 10.0. The van der Waals surface area contributed by atoms with Crippen molar-refractivity contribution >= 4 is 29.8 Å².